The summed E-state index contributed by atoms with van der Waals surface area (Å²) in [6, 6.07) is 18.0. The molecular formula is C18H20O2. The summed E-state index contributed by atoms with van der Waals surface area (Å²) in [4.78, 5) is 0. The maximum absolute atomic E-state index is 5.87. The van der Waals surface area contributed by atoms with Crippen molar-refractivity contribution in [3.8, 4) is 5.75 Å². The summed E-state index contributed by atoms with van der Waals surface area (Å²) < 4.78 is 11.0. The van der Waals surface area contributed by atoms with Gasteiger partial charge in [-0.2, -0.15) is 0 Å². The van der Waals surface area contributed by atoms with Crippen molar-refractivity contribution < 1.29 is 9.47 Å². The van der Waals surface area contributed by atoms with Crippen LogP contribution in [0.25, 0.3) is 5.57 Å². The van der Waals surface area contributed by atoms with Crippen LogP contribution in [0.15, 0.2) is 61.2 Å². The Morgan fingerprint density at radius 1 is 1.05 bits per heavy atom. The highest BCUT2D eigenvalue weighted by molar-refractivity contribution is 5.64. The van der Waals surface area contributed by atoms with Crippen LogP contribution in [-0.2, 0) is 4.74 Å². The minimum absolute atomic E-state index is 0.0613. The Morgan fingerprint density at radius 2 is 1.70 bits per heavy atom. The first-order valence-corrected chi connectivity index (χ1v) is 6.69. The van der Waals surface area contributed by atoms with Crippen LogP contribution in [0, 0.1) is 0 Å². The first-order valence-electron chi connectivity index (χ1n) is 6.69. The van der Waals surface area contributed by atoms with Gasteiger partial charge < -0.3 is 9.47 Å². The molecular weight excluding hydrogens is 248 g/mol. The Hall–Kier alpha value is -2.06. The van der Waals surface area contributed by atoms with E-state index in [1.807, 2.05) is 42.5 Å². The standard InChI is InChI=1S/C18H20O2/c1-14(16-9-11-18(19-3)12-10-16)13-20-15(2)17-7-5-4-6-8-17/h4-12,15H,1,13H2,2-3H3. The zero-order valence-electron chi connectivity index (χ0n) is 12.0. The maximum Gasteiger partial charge on any atom is 0.118 e. The van der Waals surface area contributed by atoms with E-state index in [9.17, 15) is 0 Å². The molecule has 1 unspecified atom stereocenters. The summed E-state index contributed by atoms with van der Waals surface area (Å²) in [5, 5.41) is 0. The molecule has 2 nitrogen and oxygen atoms in total. The van der Waals surface area contributed by atoms with E-state index < -0.39 is 0 Å². The van der Waals surface area contributed by atoms with Gasteiger partial charge in [-0.15, -0.1) is 0 Å². The Labute approximate surface area is 120 Å². The van der Waals surface area contributed by atoms with Crippen LogP contribution in [-0.4, -0.2) is 13.7 Å². The molecule has 0 aliphatic carbocycles. The smallest absolute Gasteiger partial charge is 0.118 e. The molecule has 0 amide bonds. The lowest BCUT2D eigenvalue weighted by atomic mass is 10.1. The molecule has 0 aromatic heterocycles. The second-order valence-corrected chi connectivity index (χ2v) is 4.70. The normalized spacial score (nSPS) is 11.9. The van der Waals surface area contributed by atoms with Gasteiger partial charge in [0.2, 0.25) is 0 Å². The maximum atomic E-state index is 5.87. The second-order valence-electron chi connectivity index (χ2n) is 4.70. The molecule has 20 heavy (non-hydrogen) atoms. The van der Waals surface area contributed by atoms with E-state index in [-0.39, 0.29) is 6.10 Å². The van der Waals surface area contributed by atoms with E-state index >= 15 is 0 Å². The van der Waals surface area contributed by atoms with Crippen molar-refractivity contribution in [3.63, 3.8) is 0 Å². The number of hydrogen-bond donors (Lipinski definition) is 0. The van der Waals surface area contributed by atoms with Gasteiger partial charge in [0.1, 0.15) is 5.75 Å². The van der Waals surface area contributed by atoms with Gasteiger partial charge in [0.05, 0.1) is 19.8 Å². The molecule has 0 N–H and O–H groups in total. The van der Waals surface area contributed by atoms with Crippen LogP contribution in [0.5, 0.6) is 5.75 Å². The molecule has 104 valence electrons. The van der Waals surface area contributed by atoms with Crippen LogP contribution < -0.4 is 4.74 Å². The summed E-state index contributed by atoms with van der Waals surface area (Å²) in [5.74, 6) is 0.847. The molecule has 0 fully saturated rings. The van der Waals surface area contributed by atoms with Crippen LogP contribution in [0.2, 0.25) is 0 Å². The molecule has 0 radical (unpaired) electrons. The molecule has 0 heterocycles. The molecule has 2 aromatic carbocycles. The fraction of sp³-hybridized carbons (Fsp3) is 0.222. The molecule has 0 bridgehead atoms. The number of methoxy groups -OCH3 is 1. The van der Waals surface area contributed by atoms with Gasteiger partial charge in [-0.05, 0) is 35.8 Å². The van der Waals surface area contributed by atoms with Gasteiger partial charge in [0.15, 0.2) is 0 Å². The molecule has 0 saturated heterocycles. The van der Waals surface area contributed by atoms with Crippen molar-refractivity contribution in [1.82, 2.24) is 0 Å². The number of ether oxygens (including phenoxy) is 2. The minimum atomic E-state index is 0.0613. The van der Waals surface area contributed by atoms with Crippen molar-refractivity contribution in [2.75, 3.05) is 13.7 Å². The highest BCUT2D eigenvalue weighted by Gasteiger charge is 2.06. The second kappa shape index (κ2) is 6.92. The summed E-state index contributed by atoms with van der Waals surface area (Å²) in [6.45, 7) is 6.65. The zero-order chi connectivity index (χ0) is 14.4. The number of benzene rings is 2. The minimum Gasteiger partial charge on any atom is -0.497 e. The van der Waals surface area contributed by atoms with Crippen LogP contribution >= 0.6 is 0 Å². The third-order valence-electron chi connectivity index (χ3n) is 3.27. The van der Waals surface area contributed by atoms with Gasteiger partial charge >= 0.3 is 0 Å². The highest BCUT2D eigenvalue weighted by Crippen LogP contribution is 2.21. The molecule has 0 spiro atoms. The molecule has 2 heteroatoms. The fourth-order valence-electron chi connectivity index (χ4n) is 1.96. The Balaban J connectivity index is 1.91. The molecule has 0 aliphatic rings. The number of hydrogen-bond acceptors (Lipinski definition) is 2. The van der Waals surface area contributed by atoms with Gasteiger partial charge in [0.25, 0.3) is 0 Å². The lowest BCUT2D eigenvalue weighted by Crippen LogP contribution is -2.03. The molecule has 0 aliphatic heterocycles. The lowest BCUT2D eigenvalue weighted by Gasteiger charge is -2.15. The SMILES string of the molecule is C=C(COC(C)c1ccccc1)c1ccc(OC)cc1. The quantitative estimate of drug-likeness (QED) is 0.768. The summed E-state index contributed by atoms with van der Waals surface area (Å²) in [5.41, 5.74) is 3.22. The molecule has 2 aromatic rings. The first-order chi connectivity index (χ1) is 9.70. The van der Waals surface area contributed by atoms with Gasteiger partial charge in [-0.3, -0.25) is 0 Å². The lowest BCUT2D eigenvalue weighted by molar-refractivity contribution is 0.0928. The summed E-state index contributed by atoms with van der Waals surface area (Å²) in [6.07, 6.45) is 0.0613. The molecule has 1 atom stereocenters. The monoisotopic (exact) mass is 268 g/mol. The largest absolute Gasteiger partial charge is 0.497 e. The van der Waals surface area contributed by atoms with E-state index in [2.05, 4.69) is 25.6 Å². The predicted octanol–water partition coefficient (Wildman–Crippen LogP) is 4.49. The summed E-state index contributed by atoms with van der Waals surface area (Å²) >= 11 is 0. The van der Waals surface area contributed by atoms with Crippen molar-refractivity contribution in [2.45, 2.75) is 13.0 Å². The van der Waals surface area contributed by atoms with Crippen molar-refractivity contribution in [3.05, 3.63) is 72.3 Å². The topological polar surface area (TPSA) is 18.5 Å². The third-order valence-corrected chi connectivity index (χ3v) is 3.27. The van der Waals surface area contributed by atoms with Gasteiger partial charge in [-0.25, -0.2) is 0 Å². The van der Waals surface area contributed by atoms with Gasteiger partial charge in [-0.1, -0.05) is 49.0 Å². The van der Waals surface area contributed by atoms with Gasteiger partial charge in [0, 0.05) is 0 Å². The van der Waals surface area contributed by atoms with Crippen LogP contribution in [0.1, 0.15) is 24.2 Å². The fourth-order valence-corrected chi connectivity index (χ4v) is 1.96. The third kappa shape index (κ3) is 3.72. The first kappa shape index (κ1) is 14.4. The van der Waals surface area contributed by atoms with E-state index in [1.165, 1.54) is 5.56 Å². The average molecular weight is 268 g/mol. The number of rotatable bonds is 6. The molecule has 2 rings (SSSR count). The van der Waals surface area contributed by atoms with Crippen molar-refractivity contribution in [1.29, 1.82) is 0 Å². The average Bonchev–Trinajstić information content (AvgIpc) is 2.53. The Kier molecular flexibility index (Phi) is 4.97. The van der Waals surface area contributed by atoms with Crippen LogP contribution in [0.4, 0.5) is 0 Å². The highest BCUT2D eigenvalue weighted by atomic mass is 16.5. The van der Waals surface area contributed by atoms with Crippen molar-refractivity contribution >= 4 is 5.57 Å². The van der Waals surface area contributed by atoms with Crippen molar-refractivity contribution in [2.24, 2.45) is 0 Å². The summed E-state index contributed by atoms with van der Waals surface area (Å²) in [7, 11) is 1.66. The van der Waals surface area contributed by atoms with E-state index in [0.717, 1.165) is 16.9 Å². The predicted molar refractivity (Wildman–Crippen MR) is 82.8 cm³/mol. The molecule has 0 saturated carbocycles. The Bertz CT molecular complexity index is 543. The van der Waals surface area contributed by atoms with E-state index in [1.54, 1.807) is 7.11 Å². The van der Waals surface area contributed by atoms with Crippen LogP contribution in [0.3, 0.4) is 0 Å². The van der Waals surface area contributed by atoms with E-state index in [0.29, 0.717) is 6.61 Å². The zero-order valence-corrected chi connectivity index (χ0v) is 12.0. The van der Waals surface area contributed by atoms with E-state index in [4.69, 9.17) is 9.47 Å². The Morgan fingerprint density at radius 3 is 2.30 bits per heavy atom.